The molecule has 0 unspecified atom stereocenters. The molecule has 1 heterocycles. The smallest absolute Gasteiger partial charge is 0.220 e. The van der Waals surface area contributed by atoms with E-state index in [4.69, 9.17) is 4.74 Å². The Labute approximate surface area is 137 Å². The van der Waals surface area contributed by atoms with E-state index in [0.717, 1.165) is 30.8 Å². The summed E-state index contributed by atoms with van der Waals surface area (Å²) in [7, 11) is 0. The molecule has 1 N–H and O–H groups in total. The van der Waals surface area contributed by atoms with Crippen LogP contribution in [0.2, 0.25) is 0 Å². The van der Waals surface area contributed by atoms with Crippen molar-refractivity contribution >= 4 is 5.82 Å². The van der Waals surface area contributed by atoms with Crippen molar-refractivity contribution in [1.29, 1.82) is 0 Å². The molecule has 4 nitrogen and oxygen atoms in total. The van der Waals surface area contributed by atoms with E-state index in [1.54, 1.807) is 18.3 Å². The van der Waals surface area contributed by atoms with Crippen LogP contribution in [0.25, 0.3) is 0 Å². The molecule has 0 saturated carbocycles. The highest BCUT2D eigenvalue weighted by Gasteiger charge is 2.01. The Hall–Kier alpha value is -2.36. The summed E-state index contributed by atoms with van der Waals surface area (Å²) in [5, 5.41) is 3.25. The van der Waals surface area contributed by atoms with Crippen molar-refractivity contribution < 1.29 is 4.74 Å². The predicted octanol–water partition coefficient (Wildman–Crippen LogP) is 3.84. The van der Waals surface area contributed by atoms with E-state index in [0.29, 0.717) is 18.3 Å². The van der Waals surface area contributed by atoms with Crippen molar-refractivity contribution in [2.24, 2.45) is 0 Å². The first-order valence-corrected chi connectivity index (χ1v) is 8.09. The van der Waals surface area contributed by atoms with Gasteiger partial charge in [0.15, 0.2) is 5.75 Å². The van der Waals surface area contributed by atoms with Crippen LogP contribution in [0.15, 0.2) is 53.5 Å². The number of aromatic nitrogens is 1. The maximum absolute atomic E-state index is 12.0. The fourth-order valence-electron chi connectivity index (χ4n) is 2.16. The summed E-state index contributed by atoms with van der Waals surface area (Å²) in [5.74, 6) is 1.70. The molecule has 0 saturated heterocycles. The maximum atomic E-state index is 12.0. The number of unbranched alkanes of at least 4 members (excludes halogenated alkanes) is 1. The Morgan fingerprint density at radius 3 is 2.65 bits per heavy atom. The van der Waals surface area contributed by atoms with E-state index in [1.807, 2.05) is 30.3 Å². The van der Waals surface area contributed by atoms with Crippen LogP contribution in [-0.4, -0.2) is 18.1 Å². The molecule has 1 aromatic heterocycles. The third-order valence-corrected chi connectivity index (χ3v) is 3.56. The molecule has 0 spiro atoms. The maximum Gasteiger partial charge on any atom is 0.220 e. The topological polar surface area (TPSA) is 51.2 Å². The molecule has 2 aromatic rings. The first kappa shape index (κ1) is 17.0. The third kappa shape index (κ3) is 5.74. The Morgan fingerprint density at radius 1 is 1.09 bits per heavy atom. The number of rotatable bonds is 8. The Balaban J connectivity index is 1.74. The highest BCUT2D eigenvalue weighted by Crippen LogP contribution is 2.13. The number of nitrogens with one attached hydrogen (secondary N) is 1. The molecule has 1 aromatic carbocycles. The van der Waals surface area contributed by atoms with Gasteiger partial charge in [0.1, 0.15) is 5.82 Å². The average Bonchev–Trinajstić information content (AvgIpc) is 2.74. The zero-order valence-electron chi connectivity index (χ0n) is 13.8. The van der Waals surface area contributed by atoms with Crippen LogP contribution in [0.4, 0.5) is 5.82 Å². The summed E-state index contributed by atoms with van der Waals surface area (Å²) >= 11 is 0. The number of ether oxygens (including phenoxy) is 1. The van der Waals surface area contributed by atoms with Gasteiger partial charge in [-0.15, -0.1) is 0 Å². The molecular weight excluding hydrogens is 288 g/mol. The van der Waals surface area contributed by atoms with Crippen LogP contribution in [0.1, 0.15) is 38.2 Å². The minimum Gasteiger partial charge on any atom is -0.489 e. The molecule has 0 aliphatic heterocycles. The van der Waals surface area contributed by atoms with Gasteiger partial charge in [-0.2, -0.15) is 0 Å². The van der Waals surface area contributed by atoms with Crippen LogP contribution >= 0.6 is 0 Å². The lowest BCUT2D eigenvalue weighted by Crippen LogP contribution is -2.08. The van der Waals surface area contributed by atoms with Crippen LogP contribution in [0.5, 0.6) is 5.75 Å². The molecule has 2 rings (SSSR count). The van der Waals surface area contributed by atoms with Crippen LogP contribution in [-0.2, 0) is 0 Å². The Bertz CT molecular complexity index is 657. The number of anilines is 1. The van der Waals surface area contributed by atoms with Gasteiger partial charge in [0, 0.05) is 12.7 Å². The van der Waals surface area contributed by atoms with Crippen LogP contribution in [0, 0.1) is 0 Å². The fraction of sp³-hybridized carbons (Fsp3) is 0.368. The molecule has 0 radical (unpaired) electrons. The molecule has 0 fully saturated rings. The number of pyridine rings is 1. The van der Waals surface area contributed by atoms with E-state index >= 15 is 0 Å². The summed E-state index contributed by atoms with van der Waals surface area (Å²) in [6.07, 6.45) is 3.61. The molecule has 4 heteroatoms. The monoisotopic (exact) mass is 312 g/mol. The van der Waals surface area contributed by atoms with E-state index in [-0.39, 0.29) is 5.43 Å². The molecule has 122 valence electrons. The van der Waals surface area contributed by atoms with Crippen molar-refractivity contribution in [2.75, 3.05) is 18.5 Å². The van der Waals surface area contributed by atoms with E-state index in [1.165, 1.54) is 0 Å². The van der Waals surface area contributed by atoms with Gasteiger partial charge in [-0.3, -0.25) is 4.79 Å². The summed E-state index contributed by atoms with van der Waals surface area (Å²) in [5.41, 5.74) is 1.07. The zero-order chi connectivity index (χ0) is 16.5. The second-order valence-corrected chi connectivity index (χ2v) is 5.75. The van der Waals surface area contributed by atoms with Gasteiger partial charge in [-0.25, -0.2) is 4.98 Å². The van der Waals surface area contributed by atoms with Crippen molar-refractivity contribution in [3.8, 4) is 5.75 Å². The highest BCUT2D eigenvalue weighted by atomic mass is 16.5. The van der Waals surface area contributed by atoms with Gasteiger partial charge in [0.25, 0.3) is 0 Å². The first-order valence-electron chi connectivity index (χ1n) is 8.09. The second kappa shape index (κ2) is 8.93. The summed E-state index contributed by atoms with van der Waals surface area (Å²) < 4.78 is 5.63. The Morgan fingerprint density at radius 2 is 1.91 bits per heavy atom. The first-order chi connectivity index (χ1) is 11.2. The molecule has 23 heavy (non-hydrogen) atoms. The van der Waals surface area contributed by atoms with Crippen molar-refractivity contribution in [3.63, 3.8) is 0 Å². The largest absolute Gasteiger partial charge is 0.489 e. The molecule has 0 atom stereocenters. The third-order valence-electron chi connectivity index (χ3n) is 3.56. The quantitative estimate of drug-likeness (QED) is 0.753. The number of hydrogen-bond donors (Lipinski definition) is 1. The molecular formula is C19H24N2O2. The fourth-order valence-corrected chi connectivity index (χ4v) is 2.16. The summed E-state index contributed by atoms with van der Waals surface area (Å²) in [6, 6.07) is 13.0. The highest BCUT2D eigenvalue weighted by molar-refractivity contribution is 5.32. The summed E-state index contributed by atoms with van der Waals surface area (Å²) in [4.78, 5) is 16.2. The minimum atomic E-state index is -0.0662. The Kier molecular flexibility index (Phi) is 6.60. The predicted molar refractivity (Wildman–Crippen MR) is 94.3 cm³/mol. The minimum absolute atomic E-state index is 0.0662. The zero-order valence-corrected chi connectivity index (χ0v) is 13.8. The van der Waals surface area contributed by atoms with Crippen LogP contribution < -0.4 is 15.5 Å². The van der Waals surface area contributed by atoms with Gasteiger partial charge in [-0.05, 0) is 48.6 Å². The van der Waals surface area contributed by atoms with Crippen molar-refractivity contribution in [2.45, 2.75) is 32.6 Å². The van der Waals surface area contributed by atoms with Gasteiger partial charge >= 0.3 is 0 Å². The normalized spacial score (nSPS) is 10.6. The number of nitrogens with zero attached hydrogens (tertiary/aromatic N) is 1. The lowest BCUT2D eigenvalue weighted by Gasteiger charge is -2.06. The average molecular weight is 312 g/mol. The molecule has 0 amide bonds. The van der Waals surface area contributed by atoms with Crippen molar-refractivity contribution in [1.82, 2.24) is 4.98 Å². The van der Waals surface area contributed by atoms with E-state index < -0.39 is 0 Å². The van der Waals surface area contributed by atoms with Gasteiger partial charge < -0.3 is 10.1 Å². The second-order valence-electron chi connectivity index (χ2n) is 5.75. The summed E-state index contributed by atoms with van der Waals surface area (Å²) in [6.45, 7) is 5.59. The van der Waals surface area contributed by atoms with Gasteiger partial charge in [0.2, 0.25) is 5.43 Å². The SMILES string of the molecule is CC(C)c1ccc(OCCCCNc2ccccn2)c(=O)cc1. The van der Waals surface area contributed by atoms with Crippen molar-refractivity contribution in [3.05, 3.63) is 64.4 Å². The standard InChI is InChI=1S/C19H24N2O2/c1-15(2)16-8-10-17(22)18(11-9-16)23-14-6-5-13-21-19-7-3-4-12-20-19/h3-4,7-12,15H,5-6,13-14H2,1-2H3,(H,20,21). The lowest BCUT2D eigenvalue weighted by molar-refractivity contribution is 0.306. The van der Waals surface area contributed by atoms with Gasteiger partial charge in [-0.1, -0.05) is 32.0 Å². The number of hydrogen-bond acceptors (Lipinski definition) is 4. The molecule has 0 bridgehead atoms. The molecule has 0 aliphatic carbocycles. The van der Waals surface area contributed by atoms with E-state index in [2.05, 4.69) is 24.1 Å². The lowest BCUT2D eigenvalue weighted by atomic mass is 10.1. The van der Waals surface area contributed by atoms with Gasteiger partial charge in [0.05, 0.1) is 6.61 Å². The molecule has 0 aliphatic rings. The van der Waals surface area contributed by atoms with E-state index in [9.17, 15) is 4.79 Å². The van der Waals surface area contributed by atoms with Crippen LogP contribution in [0.3, 0.4) is 0 Å².